The molecular weight excluding hydrogens is 272 g/mol. The van der Waals surface area contributed by atoms with Crippen molar-refractivity contribution in [2.75, 3.05) is 60.0 Å². The Labute approximate surface area is 127 Å². The third kappa shape index (κ3) is 11.4. The van der Waals surface area contributed by atoms with Crippen LogP contribution in [0.25, 0.3) is 0 Å². The van der Waals surface area contributed by atoms with Gasteiger partial charge in [0.2, 0.25) is 0 Å². The Bertz CT molecular complexity index is 318. The van der Waals surface area contributed by atoms with Crippen LogP contribution in [0.15, 0.2) is 24.3 Å². The van der Waals surface area contributed by atoms with Crippen LogP contribution in [0.3, 0.4) is 0 Å². The predicted octanol–water partition coefficient (Wildman–Crippen LogP) is 1.70. The Balaban J connectivity index is 1.75. The van der Waals surface area contributed by atoms with Gasteiger partial charge in [-0.3, -0.25) is 0 Å². The topological polar surface area (TPSA) is 46.2 Å². The summed E-state index contributed by atoms with van der Waals surface area (Å²) in [4.78, 5) is 0. The van der Waals surface area contributed by atoms with E-state index < -0.39 is 0 Å². The molecule has 1 radical (unpaired) electrons. The van der Waals surface area contributed by atoms with Crippen molar-refractivity contribution in [2.24, 2.45) is 0 Å². The van der Waals surface area contributed by atoms with Gasteiger partial charge in [0.05, 0.1) is 59.5 Å². The molecule has 0 saturated heterocycles. The standard InChI is InChI=1S/C16H25O5/c1-17-7-8-18-9-10-19-11-12-20-13-14-21-15-16-5-3-2-4-6-16/h2-5H,7-15H2,1H3. The zero-order chi connectivity index (χ0) is 15.0. The highest BCUT2D eigenvalue weighted by molar-refractivity contribution is 5.11. The van der Waals surface area contributed by atoms with Gasteiger partial charge in [-0.1, -0.05) is 24.3 Å². The maximum absolute atomic E-state index is 5.47. The zero-order valence-electron chi connectivity index (χ0n) is 12.7. The van der Waals surface area contributed by atoms with Crippen LogP contribution in [0.5, 0.6) is 0 Å². The highest BCUT2D eigenvalue weighted by Crippen LogP contribution is 1.99. The highest BCUT2D eigenvalue weighted by Gasteiger charge is 1.94. The largest absolute Gasteiger partial charge is 0.382 e. The van der Waals surface area contributed by atoms with Crippen molar-refractivity contribution >= 4 is 0 Å². The molecule has 0 spiro atoms. The van der Waals surface area contributed by atoms with E-state index in [0.717, 1.165) is 5.56 Å². The van der Waals surface area contributed by atoms with E-state index in [4.69, 9.17) is 23.7 Å². The average Bonchev–Trinajstić information content (AvgIpc) is 2.53. The molecule has 0 bridgehead atoms. The summed E-state index contributed by atoms with van der Waals surface area (Å²) in [5.41, 5.74) is 1.05. The number of rotatable bonds is 14. The fourth-order valence-electron chi connectivity index (χ4n) is 1.50. The van der Waals surface area contributed by atoms with E-state index >= 15 is 0 Å². The first-order valence-corrected chi connectivity index (χ1v) is 7.19. The Hall–Kier alpha value is -0.980. The van der Waals surface area contributed by atoms with Crippen LogP contribution in [-0.4, -0.2) is 60.0 Å². The molecule has 0 aliphatic rings. The monoisotopic (exact) mass is 297 g/mol. The number of hydrogen-bond donors (Lipinski definition) is 0. The average molecular weight is 297 g/mol. The summed E-state index contributed by atoms with van der Waals surface area (Å²) >= 11 is 0. The molecule has 1 aromatic carbocycles. The van der Waals surface area contributed by atoms with Crippen LogP contribution in [0.2, 0.25) is 0 Å². The van der Waals surface area contributed by atoms with Crippen molar-refractivity contribution < 1.29 is 23.7 Å². The predicted molar refractivity (Wildman–Crippen MR) is 79.3 cm³/mol. The first kappa shape index (κ1) is 18.1. The van der Waals surface area contributed by atoms with Gasteiger partial charge in [-0.2, -0.15) is 0 Å². The third-order valence-electron chi connectivity index (χ3n) is 2.58. The van der Waals surface area contributed by atoms with Gasteiger partial charge < -0.3 is 23.7 Å². The van der Waals surface area contributed by atoms with Crippen molar-refractivity contribution in [2.45, 2.75) is 6.61 Å². The minimum Gasteiger partial charge on any atom is -0.382 e. The minimum atomic E-state index is 0.568. The van der Waals surface area contributed by atoms with Gasteiger partial charge in [-0.25, -0.2) is 0 Å². The molecule has 5 heteroatoms. The lowest BCUT2D eigenvalue weighted by Crippen LogP contribution is -2.12. The van der Waals surface area contributed by atoms with E-state index in [-0.39, 0.29) is 0 Å². The molecule has 0 N–H and O–H groups in total. The zero-order valence-corrected chi connectivity index (χ0v) is 12.7. The van der Waals surface area contributed by atoms with Crippen molar-refractivity contribution in [1.29, 1.82) is 0 Å². The Morgan fingerprint density at radius 1 is 0.762 bits per heavy atom. The molecule has 21 heavy (non-hydrogen) atoms. The van der Waals surface area contributed by atoms with Crippen LogP contribution in [0, 0.1) is 6.07 Å². The van der Waals surface area contributed by atoms with Crippen LogP contribution < -0.4 is 0 Å². The van der Waals surface area contributed by atoms with Crippen molar-refractivity contribution in [3.8, 4) is 0 Å². The molecule has 0 atom stereocenters. The summed E-state index contributed by atoms with van der Waals surface area (Å²) in [6.07, 6.45) is 0. The number of methoxy groups -OCH3 is 1. The molecule has 0 amide bonds. The van der Waals surface area contributed by atoms with Crippen molar-refractivity contribution in [1.82, 2.24) is 0 Å². The summed E-state index contributed by atoms with van der Waals surface area (Å²) in [6.45, 7) is 5.23. The van der Waals surface area contributed by atoms with Gasteiger partial charge in [-0.15, -0.1) is 0 Å². The van der Waals surface area contributed by atoms with Crippen molar-refractivity contribution in [3.63, 3.8) is 0 Å². The second-order valence-electron chi connectivity index (χ2n) is 4.27. The number of hydrogen-bond acceptors (Lipinski definition) is 5. The summed E-state index contributed by atoms with van der Waals surface area (Å²) < 4.78 is 26.3. The summed E-state index contributed by atoms with van der Waals surface area (Å²) in [5, 5.41) is 0. The molecule has 0 aliphatic carbocycles. The summed E-state index contributed by atoms with van der Waals surface area (Å²) in [5.74, 6) is 0. The smallest absolute Gasteiger partial charge is 0.0724 e. The lowest BCUT2D eigenvalue weighted by atomic mass is 10.2. The van der Waals surface area contributed by atoms with E-state index in [9.17, 15) is 0 Å². The van der Waals surface area contributed by atoms with Gasteiger partial charge in [0.1, 0.15) is 0 Å². The molecule has 0 aromatic heterocycles. The molecule has 5 nitrogen and oxygen atoms in total. The van der Waals surface area contributed by atoms with Gasteiger partial charge in [-0.05, 0) is 11.6 Å². The SMILES string of the molecule is COCCOCCOCCOCCOCc1[c]cccc1. The van der Waals surface area contributed by atoms with Gasteiger partial charge in [0.15, 0.2) is 0 Å². The fraction of sp³-hybridized carbons (Fsp3) is 0.625. The number of ether oxygens (including phenoxy) is 5. The lowest BCUT2D eigenvalue weighted by Gasteiger charge is -2.07. The van der Waals surface area contributed by atoms with Gasteiger partial charge in [0.25, 0.3) is 0 Å². The van der Waals surface area contributed by atoms with E-state index in [0.29, 0.717) is 59.5 Å². The maximum Gasteiger partial charge on any atom is 0.0724 e. The Morgan fingerprint density at radius 3 is 1.86 bits per heavy atom. The van der Waals surface area contributed by atoms with Crippen LogP contribution >= 0.6 is 0 Å². The second kappa shape index (κ2) is 14.0. The van der Waals surface area contributed by atoms with E-state index in [1.54, 1.807) is 7.11 Å². The lowest BCUT2D eigenvalue weighted by molar-refractivity contribution is -0.00950. The third-order valence-corrected chi connectivity index (χ3v) is 2.58. The van der Waals surface area contributed by atoms with Crippen LogP contribution in [0.4, 0.5) is 0 Å². The first-order valence-electron chi connectivity index (χ1n) is 7.19. The molecule has 0 fully saturated rings. The number of benzene rings is 1. The van der Waals surface area contributed by atoms with Crippen molar-refractivity contribution in [3.05, 3.63) is 35.9 Å². The highest BCUT2D eigenvalue weighted by atomic mass is 16.6. The first-order chi connectivity index (χ1) is 10.4. The Kier molecular flexibility index (Phi) is 12.0. The molecule has 0 heterocycles. The normalized spacial score (nSPS) is 10.9. The Morgan fingerprint density at radius 2 is 1.33 bits per heavy atom. The molecular formula is C16H25O5. The van der Waals surface area contributed by atoms with Gasteiger partial charge in [0, 0.05) is 7.11 Å². The molecule has 0 saturated carbocycles. The molecule has 1 aromatic rings. The van der Waals surface area contributed by atoms with E-state index in [1.165, 1.54) is 0 Å². The minimum absolute atomic E-state index is 0.568. The molecule has 0 aliphatic heterocycles. The van der Waals surface area contributed by atoms with Gasteiger partial charge >= 0.3 is 0 Å². The molecule has 1 rings (SSSR count). The van der Waals surface area contributed by atoms with E-state index in [1.807, 2.05) is 24.3 Å². The molecule has 119 valence electrons. The second-order valence-corrected chi connectivity index (χ2v) is 4.27. The summed E-state index contributed by atoms with van der Waals surface area (Å²) in [6, 6.07) is 10.9. The maximum atomic E-state index is 5.47. The quantitative estimate of drug-likeness (QED) is 0.489. The summed E-state index contributed by atoms with van der Waals surface area (Å²) in [7, 11) is 1.65. The van der Waals surface area contributed by atoms with Crippen LogP contribution in [0.1, 0.15) is 5.56 Å². The fourth-order valence-corrected chi connectivity index (χ4v) is 1.50. The van der Waals surface area contributed by atoms with E-state index in [2.05, 4.69) is 6.07 Å². The van der Waals surface area contributed by atoms with Crippen LogP contribution in [-0.2, 0) is 30.3 Å². The molecule has 0 unspecified atom stereocenters.